The van der Waals surface area contributed by atoms with E-state index in [1.165, 1.54) is 5.56 Å². The van der Waals surface area contributed by atoms with Crippen molar-refractivity contribution in [2.24, 2.45) is 5.92 Å². The summed E-state index contributed by atoms with van der Waals surface area (Å²) in [5.41, 5.74) is 3.10. The number of hydrogen-bond acceptors (Lipinski definition) is 2. The number of rotatable bonds is 3. The molecule has 2 aromatic carbocycles. The van der Waals surface area contributed by atoms with E-state index in [4.69, 9.17) is 4.74 Å². The molecule has 0 spiro atoms. The van der Waals surface area contributed by atoms with Crippen LogP contribution in [0.3, 0.4) is 0 Å². The number of benzene rings is 2. The maximum absolute atomic E-state index is 12.3. The van der Waals surface area contributed by atoms with Crippen LogP contribution in [0.15, 0.2) is 48.5 Å². The predicted octanol–water partition coefficient (Wildman–Crippen LogP) is 3.77. The van der Waals surface area contributed by atoms with Gasteiger partial charge in [-0.2, -0.15) is 0 Å². The van der Waals surface area contributed by atoms with Gasteiger partial charge in [-0.3, -0.25) is 4.79 Å². The number of para-hydroxylation sites is 1. The highest BCUT2D eigenvalue weighted by Gasteiger charge is 2.25. The summed E-state index contributed by atoms with van der Waals surface area (Å²) in [6.45, 7) is 0.433. The van der Waals surface area contributed by atoms with Crippen LogP contribution in [0, 0.1) is 5.92 Å². The van der Waals surface area contributed by atoms with Gasteiger partial charge in [-0.1, -0.05) is 46.3 Å². The van der Waals surface area contributed by atoms with Crippen molar-refractivity contribution < 1.29 is 9.53 Å². The lowest BCUT2D eigenvalue weighted by molar-refractivity contribution is -0.121. The molecule has 0 fully saturated rings. The van der Waals surface area contributed by atoms with E-state index >= 15 is 0 Å². The summed E-state index contributed by atoms with van der Waals surface area (Å²) in [7, 11) is 0. The molecule has 1 heterocycles. The van der Waals surface area contributed by atoms with E-state index < -0.39 is 0 Å². The smallest absolute Gasteiger partial charge is 0.231 e. The number of alkyl halides is 1. The molecule has 3 rings (SSSR count). The van der Waals surface area contributed by atoms with Gasteiger partial charge in [-0.15, -0.1) is 0 Å². The monoisotopic (exact) mass is 345 g/mol. The van der Waals surface area contributed by atoms with Crippen LogP contribution in [-0.2, 0) is 16.5 Å². The molecular weight excluding hydrogens is 330 g/mol. The van der Waals surface area contributed by atoms with Gasteiger partial charge in [0, 0.05) is 11.0 Å². The first-order valence-electron chi connectivity index (χ1n) is 6.93. The highest BCUT2D eigenvalue weighted by Crippen LogP contribution is 2.27. The van der Waals surface area contributed by atoms with Crippen LogP contribution in [0.5, 0.6) is 5.75 Å². The largest absolute Gasteiger partial charge is 0.492 e. The number of halogens is 1. The van der Waals surface area contributed by atoms with E-state index in [2.05, 4.69) is 21.2 Å². The predicted molar refractivity (Wildman–Crippen MR) is 86.8 cm³/mol. The number of fused-ring (bicyclic) bond motifs is 1. The first-order valence-corrected chi connectivity index (χ1v) is 8.05. The van der Waals surface area contributed by atoms with Crippen LogP contribution < -0.4 is 10.1 Å². The van der Waals surface area contributed by atoms with Crippen LogP contribution in [-0.4, -0.2) is 12.5 Å². The highest BCUT2D eigenvalue weighted by molar-refractivity contribution is 9.08. The second kappa shape index (κ2) is 6.31. The number of carbonyl (C=O) groups is 1. The first-order chi connectivity index (χ1) is 10.3. The molecule has 1 unspecified atom stereocenters. The van der Waals surface area contributed by atoms with E-state index in [0.29, 0.717) is 6.61 Å². The van der Waals surface area contributed by atoms with Gasteiger partial charge in [-0.05, 0) is 35.7 Å². The third kappa shape index (κ3) is 3.27. The Hall–Kier alpha value is -1.81. The van der Waals surface area contributed by atoms with Crippen LogP contribution in [0.1, 0.15) is 11.1 Å². The van der Waals surface area contributed by atoms with Gasteiger partial charge in [0.2, 0.25) is 5.91 Å². The standard InChI is InChI=1S/C17H16BrNO2/c18-10-12-5-7-15(8-6-12)19-17(20)14-9-13-3-1-2-4-16(13)21-11-14/h1-8,14H,9-11H2,(H,19,20). The van der Waals surface area contributed by atoms with Crippen molar-refractivity contribution in [2.45, 2.75) is 11.8 Å². The summed E-state index contributed by atoms with van der Waals surface area (Å²) in [5.74, 6) is 0.759. The average Bonchev–Trinajstić information content (AvgIpc) is 2.55. The fourth-order valence-electron chi connectivity index (χ4n) is 2.42. The third-order valence-electron chi connectivity index (χ3n) is 3.63. The maximum Gasteiger partial charge on any atom is 0.231 e. The molecule has 0 saturated heterocycles. The van der Waals surface area contributed by atoms with Gasteiger partial charge >= 0.3 is 0 Å². The summed E-state index contributed by atoms with van der Waals surface area (Å²) >= 11 is 3.41. The summed E-state index contributed by atoms with van der Waals surface area (Å²) in [6.07, 6.45) is 0.724. The molecule has 21 heavy (non-hydrogen) atoms. The summed E-state index contributed by atoms with van der Waals surface area (Å²) < 4.78 is 5.66. The molecule has 1 aliphatic heterocycles. The number of ether oxygens (including phenoxy) is 1. The molecule has 0 saturated carbocycles. The minimum atomic E-state index is -0.143. The lowest BCUT2D eigenvalue weighted by atomic mass is 9.96. The molecule has 0 radical (unpaired) electrons. The van der Waals surface area contributed by atoms with Crippen molar-refractivity contribution >= 4 is 27.5 Å². The van der Waals surface area contributed by atoms with Crippen molar-refractivity contribution in [2.75, 3.05) is 11.9 Å². The molecule has 108 valence electrons. The molecule has 3 nitrogen and oxygen atoms in total. The van der Waals surface area contributed by atoms with Crippen molar-refractivity contribution in [3.8, 4) is 5.75 Å². The normalized spacial score (nSPS) is 16.7. The lowest BCUT2D eigenvalue weighted by Gasteiger charge is -2.24. The van der Waals surface area contributed by atoms with Gasteiger partial charge in [0.05, 0.1) is 5.92 Å². The van der Waals surface area contributed by atoms with E-state index in [-0.39, 0.29) is 11.8 Å². The van der Waals surface area contributed by atoms with E-state index in [1.807, 2.05) is 48.5 Å². The third-order valence-corrected chi connectivity index (χ3v) is 4.27. The number of nitrogens with one attached hydrogen (secondary N) is 1. The van der Waals surface area contributed by atoms with E-state index in [9.17, 15) is 4.79 Å². The molecule has 1 amide bonds. The first kappa shape index (κ1) is 14.1. The Bertz CT molecular complexity index is 639. The van der Waals surface area contributed by atoms with Gasteiger partial charge in [0.1, 0.15) is 12.4 Å². The number of amides is 1. The highest BCUT2D eigenvalue weighted by atomic mass is 79.9. The van der Waals surface area contributed by atoms with Crippen LogP contribution in [0.2, 0.25) is 0 Å². The van der Waals surface area contributed by atoms with E-state index in [1.54, 1.807) is 0 Å². The zero-order valence-corrected chi connectivity index (χ0v) is 13.1. The Kier molecular flexibility index (Phi) is 4.25. The van der Waals surface area contributed by atoms with E-state index in [0.717, 1.165) is 28.8 Å². The zero-order valence-electron chi connectivity index (χ0n) is 11.5. The lowest BCUT2D eigenvalue weighted by Crippen LogP contribution is -2.32. The molecule has 1 N–H and O–H groups in total. The summed E-state index contributed by atoms with van der Waals surface area (Å²) in [6, 6.07) is 15.7. The molecule has 0 bridgehead atoms. The number of carbonyl (C=O) groups excluding carboxylic acids is 1. The minimum absolute atomic E-state index is 0.0103. The van der Waals surface area contributed by atoms with Gasteiger partial charge in [0.25, 0.3) is 0 Å². The van der Waals surface area contributed by atoms with Crippen molar-refractivity contribution in [1.82, 2.24) is 0 Å². The van der Waals surface area contributed by atoms with Crippen molar-refractivity contribution in [3.63, 3.8) is 0 Å². The topological polar surface area (TPSA) is 38.3 Å². The molecule has 1 atom stereocenters. The molecular formula is C17H16BrNO2. The summed E-state index contributed by atoms with van der Waals surface area (Å²) in [5, 5.41) is 3.77. The van der Waals surface area contributed by atoms with Crippen molar-refractivity contribution in [3.05, 3.63) is 59.7 Å². The zero-order chi connectivity index (χ0) is 14.7. The molecule has 0 aliphatic carbocycles. The molecule has 1 aliphatic rings. The Morgan fingerprint density at radius 1 is 1.19 bits per heavy atom. The molecule has 0 aromatic heterocycles. The quantitative estimate of drug-likeness (QED) is 0.860. The maximum atomic E-state index is 12.3. The molecule has 2 aromatic rings. The van der Waals surface area contributed by atoms with Gasteiger partial charge in [0.15, 0.2) is 0 Å². The summed E-state index contributed by atoms with van der Waals surface area (Å²) in [4.78, 5) is 12.3. The second-order valence-corrected chi connectivity index (χ2v) is 5.70. The van der Waals surface area contributed by atoms with Gasteiger partial charge < -0.3 is 10.1 Å². The van der Waals surface area contributed by atoms with Crippen LogP contribution in [0.25, 0.3) is 0 Å². The minimum Gasteiger partial charge on any atom is -0.492 e. The number of hydrogen-bond donors (Lipinski definition) is 1. The Morgan fingerprint density at radius 2 is 1.95 bits per heavy atom. The Balaban J connectivity index is 1.66. The van der Waals surface area contributed by atoms with Gasteiger partial charge in [-0.25, -0.2) is 0 Å². The number of anilines is 1. The average molecular weight is 346 g/mol. The van der Waals surface area contributed by atoms with Crippen LogP contribution >= 0.6 is 15.9 Å². The molecule has 4 heteroatoms. The fraction of sp³-hybridized carbons (Fsp3) is 0.235. The van der Waals surface area contributed by atoms with Crippen LogP contribution in [0.4, 0.5) is 5.69 Å². The fourth-order valence-corrected chi connectivity index (χ4v) is 2.79. The Morgan fingerprint density at radius 3 is 2.71 bits per heavy atom. The Labute approximate surface area is 132 Å². The van der Waals surface area contributed by atoms with Crippen molar-refractivity contribution in [1.29, 1.82) is 0 Å². The second-order valence-electron chi connectivity index (χ2n) is 5.14. The SMILES string of the molecule is O=C(Nc1ccc(CBr)cc1)C1COc2ccccc2C1.